The number of carbonyl (C=O) groups excluding carboxylic acids is 2. The van der Waals surface area contributed by atoms with E-state index >= 15 is 0 Å². The summed E-state index contributed by atoms with van der Waals surface area (Å²) in [7, 11) is 0. The van der Waals surface area contributed by atoms with Crippen LogP contribution in [0.4, 0.5) is 0 Å². The molecule has 182 valence electrons. The molecule has 10 heteroatoms. The number of pyridine rings is 1. The molecule has 4 aromatic rings. The molecule has 0 aliphatic carbocycles. The van der Waals surface area contributed by atoms with Crippen molar-refractivity contribution in [1.29, 1.82) is 0 Å². The lowest BCUT2D eigenvalue weighted by Crippen LogP contribution is -2.41. The number of fused-ring (bicyclic) bond motifs is 1. The number of carbonyl (C=O) groups is 2. The number of halogens is 2. The van der Waals surface area contributed by atoms with Crippen LogP contribution in [0.5, 0.6) is 0 Å². The van der Waals surface area contributed by atoms with Gasteiger partial charge in [-0.3, -0.25) is 14.2 Å². The predicted molar refractivity (Wildman–Crippen MR) is 137 cm³/mol. The van der Waals surface area contributed by atoms with Gasteiger partial charge in [-0.1, -0.05) is 59.6 Å². The molecule has 0 unspecified atom stereocenters. The van der Waals surface area contributed by atoms with Crippen molar-refractivity contribution < 1.29 is 9.59 Å². The van der Waals surface area contributed by atoms with E-state index < -0.39 is 5.91 Å². The summed E-state index contributed by atoms with van der Waals surface area (Å²) in [5.41, 5.74) is 1.51. The van der Waals surface area contributed by atoms with Crippen LogP contribution in [0.3, 0.4) is 0 Å². The second kappa shape index (κ2) is 10.0. The minimum absolute atomic E-state index is 0.0717. The van der Waals surface area contributed by atoms with Gasteiger partial charge in [0.15, 0.2) is 0 Å². The van der Waals surface area contributed by atoms with Gasteiger partial charge in [-0.2, -0.15) is 0 Å². The molecule has 5 rings (SSSR count). The Bertz CT molecular complexity index is 1500. The third-order valence-corrected chi connectivity index (χ3v) is 6.76. The van der Waals surface area contributed by atoms with Gasteiger partial charge in [0.2, 0.25) is 0 Å². The Morgan fingerprint density at radius 2 is 1.72 bits per heavy atom. The molecule has 8 nitrogen and oxygen atoms in total. The van der Waals surface area contributed by atoms with Crippen LogP contribution >= 0.6 is 23.2 Å². The maximum atomic E-state index is 13.5. The number of imidazole rings is 1. The molecule has 0 saturated carbocycles. The second-order valence-electron chi connectivity index (χ2n) is 8.28. The normalized spacial score (nSPS) is 12.8. The van der Waals surface area contributed by atoms with Gasteiger partial charge in [-0.15, -0.1) is 0 Å². The third kappa shape index (κ3) is 4.53. The first-order valence-corrected chi connectivity index (χ1v) is 12.0. The van der Waals surface area contributed by atoms with Crippen LogP contribution in [0.1, 0.15) is 32.1 Å². The van der Waals surface area contributed by atoms with Gasteiger partial charge >= 0.3 is 5.69 Å². The van der Waals surface area contributed by atoms with Gasteiger partial charge in [0.05, 0.1) is 22.3 Å². The van der Waals surface area contributed by atoms with E-state index in [9.17, 15) is 14.4 Å². The maximum absolute atomic E-state index is 13.5. The summed E-state index contributed by atoms with van der Waals surface area (Å²) < 4.78 is 2.84. The fourth-order valence-electron chi connectivity index (χ4n) is 4.24. The van der Waals surface area contributed by atoms with E-state index in [4.69, 9.17) is 23.2 Å². The van der Waals surface area contributed by atoms with Crippen molar-refractivity contribution in [1.82, 2.24) is 24.3 Å². The minimum atomic E-state index is -0.431. The zero-order valence-electron chi connectivity index (χ0n) is 19.0. The molecule has 0 spiro atoms. The average molecular weight is 522 g/mol. The number of aromatic nitrogens is 3. The Labute approximate surface area is 216 Å². The standard InChI is InChI=1S/C26H21Cl2N5O3/c27-19-10-9-18(14-20(19)28)25(35)31-12-13-32-21(16-31)23(24(34)30-15-17-6-2-1-3-7-17)33(26(32)36)22-8-4-5-11-29-22/h1-11,14H,12-13,15-16H2,(H,30,34). The number of nitrogens with one attached hydrogen (secondary N) is 1. The first-order chi connectivity index (χ1) is 17.4. The highest BCUT2D eigenvalue weighted by atomic mass is 35.5. The minimum Gasteiger partial charge on any atom is -0.347 e. The van der Waals surface area contributed by atoms with Crippen LogP contribution in [0.25, 0.3) is 5.82 Å². The lowest BCUT2D eigenvalue weighted by atomic mass is 10.1. The molecule has 0 fully saturated rings. The van der Waals surface area contributed by atoms with Gasteiger partial charge in [0.1, 0.15) is 11.5 Å². The van der Waals surface area contributed by atoms with Crippen molar-refractivity contribution >= 4 is 35.0 Å². The number of hydrogen-bond acceptors (Lipinski definition) is 4. The Morgan fingerprint density at radius 1 is 0.944 bits per heavy atom. The van der Waals surface area contributed by atoms with E-state index in [-0.39, 0.29) is 41.9 Å². The predicted octanol–water partition coefficient (Wildman–Crippen LogP) is 3.93. The van der Waals surface area contributed by atoms with Crippen molar-refractivity contribution in [3.05, 3.63) is 116 Å². The first kappa shape index (κ1) is 23.8. The molecule has 2 aromatic heterocycles. The molecule has 2 amide bonds. The Hall–Kier alpha value is -3.88. The zero-order valence-corrected chi connectivity index (χ0v) is 20.5. The molecule has 1 N–H and O–H groups in total. The molecule has 0 radical (unpaired) electrons. The number of benzene rings is 2. The third-order valence-electron chi connectivity index (χ3n) is 6.02. The largest absolute Gasteiger partial charge is 0.347 e. The fraction of sp³-hybridized carbons (Fsp3) is 0.154. The number of nitrogens with zero attached hydrogens (tertiary/aromatic N) is 4. The van der Waals surface area contributed by atoms with Crippen LogP contribution < -0.4 is 11.0 Å². The van der Waals surface area contributed by atoms with Crippen molar-refractivity contribution in [2.75, 3.05) is 6.54 Å². The van der Waals surface area contributed by atoms with Crippen LogP contribution in [-0.4, -0.2) is 37.4 Å². The Morgan fingerprint density at radius 3 is 2.44 bits per heavy atom. The summed E-state index contributed by atoms with van der Waals surface area (Å²) in [6, 6.07) is 19.3. The molecule has 3 heterocycles. The second-order valence-corrected chi connectivity index (χ2v) is 9.09. The number of rotatable bonds is 5. The van der Waals surface area contributed by atoms with Crippen molar-refractivity contribution in [2.45, 2.75) is 19.6 Å². The SMILES string of the molecule is O=C(NCc1ccccc1)c1c2n(c(=O)n1-c1ccccn1)CCN(C(=O)c1ccc(Cl)c(Cl)c1)C2. The molecule has 0 bridgehead atoms. The Balaban J connectivity index is 1.52. The average Bonchev–Trinajstić information content (AvgIpc) is 3.21. The van der Waals surface area contributed by atoms with Crippen LogP contribution in [0.2, 0.25) is 10.0 Å². The zero-order chi connectivity index (χ0) is 25.2. The van der Waals surface area contributed by atoms with Crippen LogP contribution in [0.15, 0.2) is 77.7 Å². The summed E-state index contributed by atoms with van der Waals surface area (Å²) >= 11 is 12.1. The quantitative estimate of drug-likeness (QED) is 0.430. The van der Waals surface area contributed by atoms with Crippen molar-refractivity contribution in [3.63, 3.8) is 0 Å². The molecule has 0 saturated heterocycles. The van der Waals surface area contributed by atoms with E-state index in [1.165, 1.54) is 15.2 Å². The molecular weight excluding hydrogens is 501 g/mol. The van der Waals surface area contributed by atoms with Gasteiger partial charge in [-0.05, 0) is 35.9 Å². The highest BCUT2D eigenvalue weighted by Crippen LogP contribution is 2.25. The fourth-order valence-corrected chi connectivity index (χ4v) is 4.54. The summed E-state index contributed by atoms with van der Waals surface area (Å²) in [5, 5.41) is 3.53. The molecular formula is C26H21Cl2N5O3. The van der Waals surface area contributed by atoms with E-state index in [1.54, 1.807) is 41.4 Å². The summed E-state index contributed by atoms with van der Waals surface area (Å²) in [6.07, 6.45) is 1.56. The first-order valence-electron chi connectivity index (χ1n) is 11.3. The van der Waals surface area contributed by atoms with Crippen LogP contribution in [0, 0.1) is 0 Å². The highest BCUT2D eigenvalue weighted by Gasteiger charge is 2.32. The van der Waals surface area contributed by atoms with Gasteiger partial charge < -0.3 is 10.2 Å². The van der Waals surface area contributed by atoms with E-state index in [1.807, 2.05) is 30.3 Å². The number of amides is 2. The lowest BCUT2D eigenvalue weighted by molar-refractivity contribution is 0.0706. The van der Waals surface area contributed by atoms with Crippen molar-refractivity contribution in [3.8, 4) is 5.82 Å². The van der Waals surface area contributed by atoms with Gasteiger partial charge in [0, 0.05) is 31.4 Å². The summed E-state index contributed by atoms with van der Waals surface area (Å²) in [6.45, 7) is 0.887. The highest BCUT2D eigenvalue weighted by molar-refractivity contribution is 6.42. The molecule has 1 aliphatic heterocycles. The van der Waals surface area contributed by atoms with Gasteiger partial charge in [0.25, 0.3) is 11.8 Å². The molecule has 2 aromatic carbocycles. The van der Waals surface area contributed by atoms with Crippen molar-refractivity contribution in [2.24, 2.45) is 0 Å². The Kier molecular flexibility index (Phi) is 6.63. The topological polar surface area (TPSA) is 89.2 Å². The molecule has 0 atom stereocenters. The number of hydrogen-bond donors (Lipinski definition) is 1. The van der Waals surface area contributed by atoms with E-state index in [0.29, 0.717) is 28.6 Å². The monoisotopic (exact) mass is 521 g/mol. The maximum Gasteiger partial charge on any atom is 0.334 e. The van der Waals surface area contributed by atoms with Gasteiger partial charge in [-0.25, -0.2) is 14.3 Å². The van der Waals surface area contributed by atoms with E-state index in [2.05, 4.69) is 10.3 Å². The smallest absolute Gasteiger partial charge is 0.334 e. The molecule has 36 heavy (non-hydrogen) atoms. The molecule has 1 aliphatic rings. The lowest BCUT2D eigenvalue weighted by Gasteiger charge is -2.28. The summed E-state index contributed by atoms with van der Waals surface area (Å²) in [4.78, 5) is 46.0. The summed E-state index contributed by atoms with van der Waals surface area (Å²) in [5.74, 6) is -0.371. The van der Waals surface area contributed by atoms with Crippen LogP contribution in [-0.2, 0) is 19.6 Å². The van der Waals surface area contributed by atoms with E-state index in [0.717, 1.165) is 5.56 Å².